The lowest BCUT2D eigenvalue weighted by Crippen LogP contribution is -2.10. The summed E-state index contributed by atoms with van der Waals surface area (Å²) >= 11 is 0. The zero-order valence-electron chi connectivity index (χ0n) is 20.9. The summed E-state index contributed by atoms with van der Waals surface area (Å²) in [5, 5.41) is 6.87. The number of carbonyl (C=O) groups excluding carboxylic acids is 1. The predicted molar refractivity (Wildman–Crippen MR) is 140 cm³/mol. The first-order valence-corrected chi connectivity index (χ1v) is 11.6. The predicted octanol–water partition coefficient (Wildman–Crippen LogP) is 7.31. The standard InChI is InChI=1S/C29H36N2O2/c1-18(2)17-30-24-12-10-23(11-13-24)27-20(5)16-26(21(6)28(27)29(32)33-7)22-8-14-25(15-9-22)31-19(3)4/h8-16,18-19,30-31H,17H2,1-7H3. The number of aryl methyl sites for hydroxylation is 1. The average molecular weight is 445 g/mol. The second kappa shape index (κ2) is 10.6. The van der Waals surface area contributed by atoms with Gasteiger partial charge in [-0.05, 0) is 91.3 Å². The van der Waals surface area contributed by atoms with Gasteiger partial charge in [0, 0.05) is 24.0 Å². The molecule has 0 fully saturated rings. The molecule has 0 spiro atoms. The minimum Gasteiger partial charge on any atom is -0.465 e. The number of benzene rings is 3. The van der Waals surface area contributed by atoms with E-state index in [1.807, 2.05) is 6.92 Å². The number of anilines is 2. The maximum Gasteiger partial charge on any atom is 0.338 e. The third kappa shape index (κ3) is 5.75. The molecule has 0 bridgehead atoms. The van der Waals surface area contributed by atoms with Crippen molar-refractivity contribution in [3.05, 3.63) is 71.3 Å². The molecule has 0 saturated carbocycles. The van der Waals surface area contributed by atoms with Crippen LogP contribution in [0.2, 0.25) is 0 Å². The van der Waals surface area contributed by atoms with E-state index in [-0.39, 0.29) is 5.97 Å². The first-order chi connectivity index (χ1) is 15.7. The second-order valence-corrected chi connectivity index (χ2v) is 9.34. The maximum atomic E-state index is 12.9. The number of hydrogen-bond donors (Lipinski definition) is 2. The van der Waals surface area contributed by atoms with Crippen LogP contribution >= 0.6 is 0 Å². The molecule has 0 heterocycles. The number of esters is 1. The van der Waals surface area contributed by atoms with Crippen molar-refractivity contribution in [2.45, 2.75) is 47.6 Å². The van der Waals surface area contributed by atoms with E-state index in [0.717, 1.165) is 51.3 Å². The zero-order valence-corrected chi connectivity index (χ0v) is 20.9. The fraction of sp³-hybridized carbons (Fsp3) is 0.345. The van der Waals surface area contributed by atoms with Gasteiger partial charge in [0.05, 0.1) is 12.7 Å². The summed E-state index contributed by atoms with van der Waals surface area (Å²) in [6.07, 6.45) is 0. The van der Waals surface area contributed by atoms with Crippen LogP contribution in [0.5, 0.6) is 0 Å². The number of carbonyl (C=O) groups is 1. The minimum absolute atomic E-state index is 0.312. The van der Waals surface area contributed by atoms with Crippen LogP contribution in [0.25, 0.3) is 22.3 Å². The second-order valence-electron chi connectivity index (χ2n) is 9.34. The molecule has 0 aliphatic carbocycles. The normalized spacial score (nSPS) is 11.1. The van der Waals surface area contributed by atoms with Crippen LogP contribution in [0.4, 0.5) is 11.4 Å². The van der Waals surface area contributed by atoms with Crippen LogP contribution in [0.1, 0.15) is 49.2 Å². The molecule has 4 heteroatoms. The summed E-state index contributed by atoms with van der Waals surface area (Å²) < 4.78 is 5.22. The van der Waals surface area contributed by atoms with E-state index in [1.54, 1.807) is 0 Å². The molecule has 33 heavy (non-hydrogen) atoms. The lowest BCUT2D eigenvalue weighted by atomic mass is 9.86. The Bertz CT molecular complexity index is 1100. The Hall–Kier alpha value is -3.27. The maximum absolute atomic E-state index is 12.9. The molecule has 0 saturated heterocycles. The highest BCUT2D eigenvalue weighted by atomic mass is 16.5. The van der Waals surface area contributed by atoms with Gasteiger partial charge in [-0.15, -0.1) is 0 Å². The molecular formula is C29H36N2O2. The van der Waals surface area contributed by atoms with Gasteiger partial charge in [-0.2, -0.15) is 0 Å². The summed E-state index contributed by atoms with van der Waals surface area (Å²) in [4.78, 5) is 12.9. The quantitative estimate of drug-likeness (QED) is 0.358. The average Bonchev–Trinajstić information content (AvgIpc) is 2.79. The smallest absolute Gasteiger partial charge is 0.338 e. The SMILES string of the molecule is COC(=O)c1c(C)c(-c2ccc(NC(C)C)cc2)cc(C)c1-c1ccc(NCC(C)C)cc1. The van der Waals surface area contributed by atoms with Crippen LogP contribution in [-0.4, -0.2) is 25.7 Å². The molecule has 0 aliphatic rings. The monoisotopic (exact) mass is 444 g/mol. The Morgan fingerprint density at radius 2 is 1.45 bits per heavy atom. The Balaban J connectivity index is 2.06. The zero-order chi connectivity index (χ0) is 24.1. The van der Waals surface area contributed by atoms with Crippen molar-refractivity contribution < 1.29 is 9.53 Å². The van der Waals surface area contributed by atoms with Crippen molar-refractivity contribution in [2.75, 3.05) is 24.3 Å². The number of ether oxygens (including phenoxy) is 1. The van der Waals surface area contributed by atoms with Crippen LogP contribution in [0.3, 0.4) is 0 Å². The lowest BCUT2D eigenvalue weighted by Gasteiger charge is -2.19. The highest BCUT2D eigenvalue weighted by Gasteiger charge is 2.22. The Morgan fingerprint density at radius 3 is 2.00 bits per heavy atom. The fourth-order valence-corrected chi connectivity index (χ4v) is 4.10. The van der Waals surface area contributed by atoms with Crippen molar-refractivity contribution in [3.63, 3.8) is 0 Å². The first kappa shape index (κ1) is 24.4. The summed E-state index contributed by atoms with van der Waals surface area (Å²) in [5.41, 5.74) is 8.81. The Morgan fingerprint density at radius 1 is 0.879 bits per heavy atom. The molecule has 174 valence electrons. The Kier molecular flexibility index (Phi) is 7.80. The molecule has 3 aromatic carbocycles. The molecule has 3 rings (SSSR count). The van der Waals surface area contributed by atoms with Gasteiger partial charge in [0.2, 0.25) is 0 Å². The van der Waals surface area contributed by atoms with E-state index in [9.17, 15) is 4.79 Å². The highest BCUT2D eigenvalue weighted by molar-refractivity contribution is 6.02. The van der Waals surface area contributed by atoms with E-state index in [2.05, 4.69) is 99.8 Å². The highest BCUT2D eigenvalue weighted by Crippen LogP contribution is 2.37. The van der Waals surface area contributed by atoms with E-state index in [4.69, 9.17) is 4.74 Å². The van der Waals surface area contributed by atoms with Crippen LogP contribution in [0, 0.1) is 19.8 Å². The molecule has 0 amide bonds. The summed E-state index contributed by atoms with van der Waals surface area (Å²) in [5.74, 6) is 0.260. The molecule has 3 aromatic rings. The van der Waals surface area contributed by atoms with Crippen LogP contribution < -0.4 is 10.6 Å². The van der Waals surface area contributed by atoms with Crippen LogP contribution in [-0.2, 0) is 4.74 Å². The Labute approximate surface area is 198 Å². The molecular weight excluding hydrogens is 408 g/mol. The molecule has 0 atom stereocenters. The summed E-state index contributed by atoms with van der Waals surface area (Å²) in [6.45, 7) is 13.6. The van der Waals surface area contributed by atoms with Gasteiger partial charge in [0.15, 0.2) is 0 Å². The lowest BCUT2D eigenvalue weighted by molar-refractivity contribution is 0.0601. The van der Waals surface area contributed by atoms with E-state index in [1.165, 1.54) is 7.11 Å². The van der Waals surface area contributed by atoms with E-state index < -0.39 is 0 Å². The van der Waals surface area contributed by atoms with Crippen molar-refractivity contribution in [1.82, 2.24) is 0 Å². The minimum atomic E-state index is -0.312. The molecule has 0 unspecified atom stereocenters. The van der Waals surface area contributed by atoms with Gasteiger partial charge in [-0.3, -0.25) is 0 Å². The molecule has 0 aromatic heterocycles. The number of nitrogens with one attached hydrogen (secondary N) is 2. The largest absolute Gasteiger partial charge is 0.465 e. The number of hydrogen-bond acceptors (Lipinski definition) is 4. The van der Waals surface area contributed by atoms with E-state index >= 15 is 0 Å². The van der Waals surface area contributed by atoms with Gasteiger partial charge in [-0.25, -0.2) is 4.79 Å². The third-order valence-corrected chi connectivity index (χ3v) is 5.71. The van der Waals surface area contributed by atoms with Gasteiger partial charge >= 0.3 is 5.97 Å². The third-order valence-electron chi connectivity index (χ3n) is 5.71. The van der Waals surface area contributed by atoms with Crippen LogP contribution in [0.15, 0.2) is 54.6 Å². The van der Waals surface area contributed by atoms with Gasteiger partial charge in [0.1, 0.15) is 0 Å². The van der Waals surface area contributed by atoms with Crippen molar-refractivity contribution in [2.24, 2.45) is 5.92 Å². The molecule has 4 nitrogen and oxygen atoms in total. The van der Waals surface area contributed by atoms with Gasteiger partial charge < -0.3 is 15.4 Å². The van der Waals surface area contributed by atoms with Crippen molar-refractivity contribution >= 4 is 17.3 Å². The first-order valence-electron chi connectivity index (χ1n) is 11.6. The summed E-state index contributed by atoms with van der Waals surface area (Å²) in [6, 6.07) is 19.2. The van der Waals surface area contributed by atoms with Crippen molar-refractivity contribution in [3.8, 4) is 22.3 Å². The van der Waals surface area contributed by atoms with E-state index in [0.29, 0.717) is 17.5 Å². The number of methoxy groups -OCH3 is 1. The topological polar surface area (TPSA) is 50.4 Å². The number of rotatable bonds is 8. The van der Waals surface area contributed by atoms with Gasteiger partial charge in [-0.1, -0.05) is 44.2 Å². The van der Waals surface area contributed by atoms with Gasteiger partial charge in [0.25, 0.3) is 0 Å². The fourth-order valence-electron chi connectivity index (χ4n) is 4.10. The molecule has 2 N–H and O–H groups in total. The summed E-state index contributed by atoms with van der Waals surface area (Å²) in [7, 11) is 1.44. The molecule has 0 aliphatic heterocycles. The molecule has 0 radical (unpaired) electrons. The van der Waals surface area contributed by atoms with Crippen molar-refractivity contribution in [1.29, 1.82) is 0 Å².